The van der Waals surface area contributed by atoms with Crippen LogP contribution in [0, 0.1) is 0 Å². The highest BCUT2D eigenvalue weighted by Gasteiger charge is 2.51. The van der Waals surface area contributed by atoms with Crippen LogP contribution in [0.1, 0.15) is 19.3 Å². The van der Waals surface area contributed by atoms with Crippen molar-refractivity contribution in [1.29, 1.82) is 0 Å². The molecule has 2 fully saturated rings. The largest absolute Gasteiger partial charge is 0.340 e. The van der Waals surface area contributed by atoms with Gasteiger partial charge in [0.15, 0.2) is 0 Å². The van der Waals surface area contributed by atoms with Crippen LogP contribution in [0.2, 0.25) is 0 Å². The minimum absolute atomic E-state index is 0.00396. The number of imide groups is 1. The summed E-state index contributed by atoms with van der Waals surface area (Å²) in [6, 6.07) is -0.476. The first kappa shape index (κ1) is 11.6. The van der Waals surface area contributed by atoms with E-state index in [4.69, 9.17) is 0 Å². The van der Waals surface area contributed by atoms with E-state index in [0.717, 1.165) is 0 Å². The zero-order valence-corrected chi connectivity index (χ0v) is 9.49. The van der Waals surface area contributed by atoms with Crippen LogP contribution in [0.4, 0.5) is 4.79 Å². The van der Waals surface area contributed by atoms with Crippen LogP contribution in [0.3, 0.4) is 0 Å². The number of rotatable bonds is 3. The molecule has 0 aromatic rings. The topological polar surface area (TPSA) is 78.5 Å². The van der Waals surface area contributed by atoms with E-state index in [1.54, 1.807) is 11.0 Å². The maximum absolute atomic E-state index is 11.8. The Hall–Kier alpha value is -1.85. The molecule has 2 N–H and O–H groups in total. The minimum Gasteiger partial charge on any atom is -0.340 e. The fraction of sp³-hybridized carbons (Fsp3) is 0.545. The van der Waals surface area contributed by atoms with Gasteiger partial charge in [0.25, 0.3) is 5.91 Å². The van der Waals surface area contributed by atoms with Crippen molar-refractivity contribution in [3.8, 4) is 0 Å². The van der Waals surface area contributed by atoms with Crippen LogP contribution in [0.15, 0.2) is 12.7 Å². The lowest BCUT2D eigenvalue weighted by Gasteiger charge is -2.20. The average Bonchev–Trinajstić information content (AvgIpc) is 2.81. The van der Waals surface area contributed by atoms with E-state index in [2.05, 4.69) is 17.2 Å². The Morgan fingerprint density at radius 3 is 2.88 bits per heavy atom. The quantitative estimate of drug-likeness (QED) is 0.525. The summed E-state index contributed by atoms with van der Waals surface area (Å²) in [5.41, 5.74) is -0.902. The van der Waals surface area contributed by atoms with Crippen LogP contribution in [-0.4, -0.2) is 41.4 Å². The summed E-state index contributed by atoms with van der Waals surface area (Å²) >= 11 is 0. The third-order valence-corrected chi connectivity index (χ3v) is 3.20. The lowest BCUT2D eigenvalue weighted by molar-refractivity contribution is -0.130. The first-order chi connectivity index (χ1) is 8.07. The van der Waals surface area contributed by atoms with Gasteiger partial charge in [-0.25, -0.2) is 4.79 Å². The van der Waals surface area contributed by atoms with Crippen molar-refractivity contribution in [3.63, 3.8) is 0 Å². The van der Waals surface area contributed by atoms with Gasteiger partial charge in [0.1, 0.15) is 5.54 Å². The molecule has 0 aliphatic carbocycles. The number of hydrogen-bond acceptors (Lipinski definition) is 3. The van der Waals surface area contributed by atoms with E-state index < -0.39 is 11.6 Å². The summed E-state index contributed by atoms with van der Waals surface area (Å²) in [5, 5.41) is 4.82. The van der Waals surface area contributed by atoms with Gasteiger partial charge in [-0.05, 0) is 12.8 Å². The van der Waals surface area contributed by atoms with Crippen molar-refractivity contribution in [3.05, 3.63) is 12.7 Å². The van der Waals surface area contributed by atoms with Crippen LogP contribution >= 0.6 is 0 Å². The first-order valence-corrected chi connectivity index (χ1v) is 5.60. The molecule has 1 atom stereocenters. The van der Waals surface area contributed by atoms with Crippen LogP contribution in [-0.2, 0) is 9.59 Å². The SMILES string of the molecule is C=CCCC(=O)N1CCC2(C1)NC(=O)NC2=O. The summed E-state index contributed by atoms with van der Waals surface area (Å²) in [7, 11) is 0. The summed E-state index contributed by atoms with van der Waals surface area (Å²) in [4.78, 5) is 36.1. The number of hydrogen-bond donors (Lipinski definition) is 2. The third kappa shape index (κ3) is 2.02. The molecule has 0 bridgehead atoms. The fourth-order valence-electron chi connectivity index (χ4n) is 2.22. The van der Waals surface area contributed by atoms with Crippen molar-refractivity contribution in [1.82, 2.24) is 15.5 Å². The van der Waals surface area contributed by atoms with E-state index in [1.807, 2.05) is 0 Å². The molecule has 2 rings (SSSR count). The smallest absolute Gasteiger partial charge is 0.322 e. The molecule has 1 spiro atoms. The highest BCUT2D eigenvalue weighted by Crippen LogP contribution is 2.25. The number of amides is 4. The molecule has 17 heavy (non-hydrogen) atoms. The second-order valence-electron chi connectivity index (χ2n) is 4.38. The summed E-state index contributed by atoms with van der Waals surface area (Å²) in [6.45, 7) is 4.33. The number of nitrogens with one attached hydrogen (secondary N) is 2. The van der Waals surface area contributed by atoms with Crippen LogP contribution < -0.4 is 10.6 Å². The third-order valence-electron chi connectivity index (χ3n) is 3.20. The first-order valence-electron chi connectivity index (χ1n) is 5.60. The van der Waals surface area contributed by atoms with Crippen molar-refractivity contribution in [2.45, 2.75) is 24.8 Å². The lowest BCUT2D eigenvalue weighted by atomic mass is 9.99. The Balaban J connectivity index is 1.99. The molecule has 6 heteroatoms. The minimum atomic E-state index is -0.902. The highest BCUT2D eigenvalue weighted by molar-refractivity contribution is 6.07. The number of nitrogens with zero attached hydrogens (tertiary/aromatic N) is 1. The Morgan fingerprint density at radius 1 is 1.53 bits per heavy atom. The van der Waals surface area contributed by atoms with Crippen molar-refractivity contribution in [2.24, 2.45) is 0 Å². The fourth-order valence-corrected chi connectivity index (χ4v) is 2.22. The Labute approximate surface area is 99.0 Å². The van der Waals surface area contributed by atoms with Crippen LogP contribution in [0.25, 0.3) is 0 Å². The van der Waals surface area contributed by atoms with Crippen molar-refractivity contribution >= 4 is 17.8 Å². The van der Waals surface area contributed by atoms with E-state index in [1.165, 1.54) is 0 Å². The van der Waals surface area contributed by atoms with E-state index in [0.29, 0.717) is 25.8 Å². The zero-order valence-electron chi connectivity index (χ0n) is 9.49. The molecule has 0 radical (unpaired) electrons. The van der Waals surface area contributed by atoms with E-state index in [-0.39, 0.29) is 18.4 Å². The van der Waals surface area contributed by atoms with Crippen molar-refractivity contribution < 1.29 is 14.4 Å². The normalized spacial score (nSPS) is 27.2. The summed E-state index contributed by atoms with van der Waals surface area (Å²) in [5.74, 6) is -0.336. The van der Waals surface area contributed by atoms with Gasteiger partial charge in [-0.15, -0.1) is 6.58 Å². The van der Waals surface area contributed by atoms with Gasteiger partial charge in [0.05, 0.1) is 6.54 Å². The standard InChI is InChI=1S/C11H15N3O3/c1-2-3-4-8(15)14-6-5-11(7-14)9(16)12-10(17)13-11/h2H,1,3-7H2,(H2,12,13,16,17). The predicted molar refractivity (Wildman–Crippen MR) is 60.0 cm³/mol. The van der Waals surface area contributed by atoms with Gasteiger partial charge in [0.2, 0.25) is 5.91 Å². The number of carbonyl (C=O) groups is 3. The van der Waals surface area contributed by atoms with Gasteiger partial charge >= 0.3 is 6.03 Å². The molecule has 2 aliphatic heterocycles. The number of carbonyl (C=O) groups excluding carboxylic acids is 3. The number of allylic oxidation sites excluding steroid dienone is 1. The zero-order chi connectivity index (χ0) is 12.5. The molecule has 2 saturated heterocycles. The molecule has 1 unspecified atom stereocenters. The molecule has 4 amide bonds. The second kappa shape index (κ2) is 4.20. The molecule has 0 aromatic carbocycles. The van der Waals surface area contributed by atoms with E-state index in [9.17, 15) is 14.4 Å². The molecular formula is C11H15N3O3. The van der Waals surface area contributed by atoms with Gasteiger partial charge in [-0.2, -0.15) is 0 Å². The Bertz CT molecular complexity index is 393. The molecule has 6 nitrogen and oxygen atoms in total. The lowest BCUT2D eigenvalue weighted by Crippen LogP contribution is -2.49. The molecule has 92 valence electrons. The monoisotopic (exact) mass is 237 g/mol. The highest BCUT2D eigenvalue weighted by atomic mass is 16.2. The molecule has 0 saturated carbocycles. The van der Waals surface area contributed by atoms with Gasteiger partial charge < -0.3 is 10.2 Å². The summed E-state index contributed by atoms with van der Waals surface area (Å²) < 4.78 is 0. The Morgan fingerprint density at radius 2 is 2.29 bits per heavy atom. The maximum Gasteiger partial charge on any atom is 0.322 e. The molecular weight excluding hydrogens is 222 g/mol. The number of likely N-dealkylation sites (tertiary alicyclic amines) is 1. The predicted octanol–water partition coefficient (Wildman–Crippen LogP) is -0.237. The number of urea groups is 1. The van der Waals surface area contributed by atoms with Crippen LogP contribution in [0.5, 0.6) is 0 Å². The Kier molecular flexibility index (Phi) is 2.87. The van der Waals surface area contributed by atoms with Gasteiger partial charge in [-0.3, -0.25) is 14.9 Å². The molecule has 2 heterocycles. The summed E-state index contributed by atoms with van der Waals surface area (Å²) in [6.07, 6.45) is 3.19. The molecule has 0 aromatic heterocycles. The van der Waals surface area contributed by atoms with Gasteiger partial charge in [-0.1, -0.05) is 6.08 Å². The van der Waals surface area contributed by atoms with E-state index >= 15 is 0 Å². The maximum atomic E-state index is 11.8. The average molecular weight is 237 g/mol. The second-order valence-corrected chi connectivity index (χ2v) is 4.38. The van der Waals surface area contributed by atoms with Gasteiger partial charge in [0, 0.05) is 13.0 Å². The van der Waals surface area contributed by atoms with Crippen molar-refractivity contribution in [2.75, 3.05) is 13.1 Å². The molecule has 2 aliphatic rings.